The van der Waals surface area contributed by atoms with Crippen LogP contribution in [0.15, 0.2) is 36.8 Å². The van der Waals surface area contributed by atoms with E-state index in [2.05, 4.69) is 16.9 Å². The topological polar surface area (TPSA) is 234 Å². The van der Waals surface area contributed by atoms with Gasteiger partial charge < -0.3 is 52.8 Å². The Morgan fingerprint density at radius 1 is 0.938 bits per heavy atom. The Hall–Kier alpha value is -6.60. The monoisotopic (exact) mass is 922 g/mol. The average Bonchev–Trinajstić information content (AvgIpc) is 3.70. The summed E-state index contributed by atoms with van der Waals surface area (Å²) in [6.07, 6.45) is -3.96. The third kappa shape index (κ3) is 12.0. The minimum Gasteiger partial charge on any atom is -0.467 e. The highest BCUT2D eigenvalue weighted by atomic mass is 32.1. The van der Waals surface area contributed by atoms with Crippen molar-refractivity contribution in [3.05, 3.63) is 47.9 Å². The number of likely N-dealkylation sites (N-methyl/N-ethyl adjacent to an activating group) is 3. The number of anilines is 1. The molecule has 0 N–H and O–H groups in total. The Morgan fingerprint density at radius 3 is 2.25 bits per heavy atom. The van der Waals surface area contributed by atoms with Gasteiger partial charge in [0.25, 0.3) is 5.17 Å². The van der Waals surface area contributed by atoms with Gasteiger partial charge in [-0.05, 0) is 60.8 Å². The Morgan fingerprint density at radius 2 is 1.60 bits per heavy atom. The van der Waals surface area contributed by atoms with Gasteiger partial charge in [-0.1, -0.05) is 13.0 Å². The molecule has 22 heteroatoms. The highest BCUT2D eigenvalue weighted by Gasteiger charge is 2.56. The molecule has 3 aromatic rings. The number of hydrogen-bond donors (Lipinski definition) is 0. The van der Waals surface area contributed by atoms with E-state index < -0.39 is 54.6 Å². The number of thiocarbonyl (C=S) groups is 1. The van der Waals surface area contributed by atoms with Gasteiger partial charge in [-0.15, -0.1) is 0 Å². The third-order valence-corrected chi connectivity index (χ3v) is 11.5. The van der Waals surface area contributed by atoms with Crippen LogP contribution in [-0.2, 0) is 59.0 Å². The summed E-state index contributed by atoms with van der Waals surface area (Å²) in [4.78, 5) is 91.3. The lowest BCUT2D eigenvalue weighted by Gasteiger charge is -2.43. The molecule has 2 aliphatic heterocycles. The lowest BCUT2D eigenvalue weighted by atomic mass is 9.92. The number of nitrogens with zero attached hydrogens (tertiary/aromatic N) is 8. The van der Waals surface area contributed by atoms with Gasteiger partial charge in [-0.25, -0.2) is 19.6 Å². The molecule has 5 rings (SSSR count). The number of esters is 4. The molecule has 2 fully saturated rings. The highest BCUT2D eigenvalue weighted by Crippen LogP contribution is 2.33. The maximum absolute atomic E-state index is 13.7. The fraction of sp³-hybridized carbons (Fsp3) is 0.535. The van der Waals surface area contributed by atoms with Crippen LogP contribution in [0.4, 0.5) is 10.6 Å². The normalized spacial score (nSPS) is 21.5. The van der Waals surface area contributed by atoms with E-state index in [1.807, 2.05) is 18.0 Å². The lowest BCUT2D eigenvalue weighted by molar-refractivity contribution is -0.282. The summed E-state index contributed by atoms with van der Waals surface area (Å²) in [5.74, 6) is -2.46. The van der Waals surface area contributed by atoms with Crippen molar-refractivity contribution in [3.8, 4) is 11.8 Å². The number of nitriles is 1. The predicted octanol–water partition coefficient (Wildman–Crippen LogP) is 2.73. The Bertz CT molecular complexity index is 2320. The molecule has 0 aliphatic carbocycles. The molecular weight excluding hydrogens is 869 g/mol. The first kappa shape index (κ1) is 49.4. The molecule has 2 aromatic heterocycles. The molecule has 2 aliphatic rings. The standard InChI is InChI=1S/C43H54N8O13S/c1-24-13-16-50(33(55)12-15-44)21-31(24)49(8)38-30-14-17-51(39(30)46-23-45-38)42(57)47(6)18-19-48(7)43(65)59-22-29-10-11-32(25(2)20-29)63-41-37(62-28(5)54)35(61-27(4)53)34(60-26(3)52)36(64-41)40(56)58-9/h10-11,14,17,20,23-24,31,34-37,41H,12-13,16,18-19,21-22H2,1-9H3/t24-,31+,34+,35+,36+,37-,41-/m1/s1. The van der Waals surface area contributed by atoms with Crippen LogP contribution in [0.1, 0.15) is 51.7 Å². The SMILES string of the molecule is COC(=O)[C@H]1O[C@@H](Oc2ccc(COC(=S)N(C)CCN(C)C(=O)n3ccc4c(N(C)[C@H]5CN(C(=O)CC#N)CC[C@H]5C)ncnc43)cc2C)[C@H](OC(C)=O)[C@@H](OC(C)=O)[C@@H]1OC(C)=O. The number of aryl methyl sites for hydroxylation is 1. The van der Waals surface area contributed by atoms with Crippen molar-refractivity contribution in [2.75, 3.05) is 59.3 Å². The molecule has 0 bridgehead atoms. The van der Waals surface area contributed by atoms with Crippen LogP contribution in [0, 0.1) is 24.2 Å². The van der Waals surface area contributed by atoms with Crippen molar-refractivity contribution in [2.45, 2.75) is 90.8 Å². The number of benzene rings is 1. The van der Waals surface area contributed by atoms with Gasteiger partial charge in [-0.2, -0.15) is 5.26 Å². The van der Waals surface area contributed by atoms with Crippen molar-refractivity contribution < 1.29 is 61.9 Å². The molecule has 2 amide bonds. The average molecular weight is 923 g/mol. The Kier molecular flexibility index (Phi) is 16.6. The van der Waals surface area contributed by atoms with Crippen molar-refractivity contribution in [1.29, 1.82) is 5.26 Å². The first-order valence-electron chi connectivity index (χ1n) is 20.7. The van der Waals surface area contributed by atoms with E-state index >= 15 is 0 Å². The van der Waals surface area contributed by atoms with Crippen molar-refractivity contribution in [2.24, 2.45) is 5.92 Å². The second kappa shape index (κ2) is 21.9. The predicted molar refractivity (Wildman–Crippen MR) is 233 cm³/mol. The quantitative estimate of drug-likeness (QED) is 0.128. The van der Waals surface area contributed by atoms with Crippen LogP contribution in [-0.4, -0.2) is 161 Å². The molecular formula is C43H54N8O13S. The van der Waals surface area contributed by atoms with E-state index in [0.717, 1.165) is 34.3 Å². The van der Waals surface area contributed by atoms with E-state index in [1.165, 1.54) is 15.8 Å². The van der Waals surface area contributed by atoms with Crippen LogP contribution in [0.5, 0.6) is 5.75 Å². The molecule has 0 radical (unpaired) electrons. The van der Waals surface area contributed by atoms with Crippen LogP contribution in [0.2, 0.25) is 0 Å². The number of methoxy groups -OCH3 is 1. The van der Waals surface area contributed by atoms with E-state index in [-0.39, 0.29) is 54.4 Å². The number of fused-ring (bicyclic) bond motifs is 1. The Balaban J connectivity index is 1.19. The minimum absolute atomic E-state index is 0.0617. The zero-order valence-corrected chi connectivity index (χ0v) is 38.6. The van der Waals surface area contributed by atoms with Crippen LogP contribution in [0.3, 0.4) is 0 Å². The maximum atomic E-state index is 13.7. The third-order valence-electron chi connectivity index (χ3n) is 11.1. The second-order valence-electron chi connectivity index (χ2n) is 15.8. The van der Waals surface area contributed by atoms with Gasteiger partial charge in [0.15, 0.2) is 24.0 Å². The summed E-state index contributed by atoms with van der Waals surface area (Å²) >= 11 is 5.55. The summed E-state index contributed by atoms with van der Waals surface area (Å²) in [7, 11) is 6.41. The second-order valence-corrected chi connectivity index (χ2v) is 16.2. The summed E-state index contributed by atoms with van der Waals surface area (Å²) in [5, 5.41) is 9.89. The first-order valence-corrected chi connectivity index (χ1v) is 21.1. The fourth-order valence-corrected chi connectivity index (χ4v) is 7.80. The number of aromatic nitrogens is 3. The molecule has 65 heavy (non-hydrogen) atoms. The zero-order valence-electron chi connectivity index (χ0n) is 37.7. The van der Waals surface area contributed by atoms with Gasteiger partial charge in [-0.3, -0.25) is 23.7 Å². The summed E-state index contributed by atoms with van der Waals surface area (Å²) < 4.78 is 40.4. The highest BCUT2D eigenvalue weighted by molar-refractivity contribution is 7.80. The van der Waals surface area contributed by atoms with Crippen molar-refractivity contribution in [1.82, 2.24) is 29.2 Å². The molecule has 1 aromatic carbocycles. The number of hydrogen-bond acceptors (Lipinski definition) is 18. The van der Waals surface area contributed by atoms with Crippen LogP contribution in [0.25, 0.3) is 11.0 Å². The molecule has 21 nitrogen and oxygen atoms in total. The Labute approximate surface area is 381 Å². The van der Waals surface area contributed by atoms with E-state index in [4.69, 9.17) is 50.6 Å². The van der Waals surface area contributed by atoms with Crippen LogP contribution >= 0.6 is 12.2 Å². The van der Waals surface area contributed by atoms with Crippen molar-refractivity contribution >= 4 is 70.1 Å². The van der Waals surface area contributed by atoms with E-state index in [0.29, 0.717) is 47.6 Å². The van der Waals surface area contributed by atoms with Crippen molar-refractivity contribution in [3.63, 3.8) is 0 Å². The molecule has 0 saturated carbocycles. The summed E-state index contributed by atoms with van der Waals surface area (Å²) in [5.41, 5.74) is 1.71. The van der Waals surface area contributed by atoms with E-state index in [1.54, 1.807) is 61.3 Å². The van der Waals surface area contributed by atoms with Gasteiger partial charge in [0.1, 0.15) is 30.9 Å². The number of amides is 2. The van der Waals surface area contributed by atoms with E-state index in [9.17, 15) is 28.8 Å². The molecule has 350 valence electrons. The number of carbonyl (C=O) groups excluding carboxylic acids is 6. The number of ether oxygens (including phenoxy) is 7. The van der Waals surface area contributed by atoms with Crippen LogP contribution < -0.4 is 9.64 Å². The molecule has 4 heterocycles. The lowest BCUT2D eigenvalue weighted by Crippen LogP contribution is -2.64. The van der Waals surface area contributed by atoms with Gasteiger partial charge >= 0.3 is 29.9 Å². The number of carbonyl (C=O) groups is 6. The summed E-state index contributed by atoms with van der Waals surface area (Å²) in [6.45, 7) is 8.88. The number of likely N-dealkylation sites (tertiary alicyclic amines) is 1. The number of rotatable bonds is 14. The molecule has 2 saturated heterocycles. The first-order chi connectivity index (χ1) is 30.8. The molecule has 0 spiro atoms. The fourth-order valence-electron chi connectivity index (χ4n) is 7.65. The molecule has 0 unspecified atom stereocenters. The zero-order chi connectivity index (χ0) is 47.7. The van der Waals surface area contributed by atoms with Gasteiger partial charge in [0, 0.05) is 74.3 Å². The molecule has 7 atom stereocenters. The maximum Gasteiger partial charge on any atom is 0.339 e. The number of piperidine rings is 1. The smallest absolute Gasteiger partial charge is 0.339 e. The largest absolute Gasteiger partial charge is 0.467 e. The minimum atomic E-state index is -1.61. The summed E-state index contributed by atoms with van der Waals surface area (Å²) in [6, 6.07) is 8.40. The van der Waals surface area contributed by atoms with Gasteiger partial charge in [0.2, 0.25) is 18.3 Å². The van der Waals surface area contributed by atoms with Gasteiger partial charge in [0.05, 0.1) is 24.6 Å².